The Morgan fingerprint density at radius 2 is 1.70 bits per heavy atom. The molecule has 2 aliphatic rings. The number of fused-ring (bicyclic) bond motifs is 1. The molecule has 0 unspecified atom stereocenters. The van der Waals surface area contributed by atoms with Crippen LogP contribution < -0.4 is 4.74 Å². The van der Waals surface area contributed by atoms with Crippen LogP contribution in [-0.4, -0.2) is 55.2 Å². The Morgan fingerprint density at radius 3 is 2.41 bits per heavy atom. The summed E-state index contributed by atoms with van der Waals surface area (Å²) in [5, 5.41) is 0. The Kier molecular flexibility index (Phi) is 4.35. The van der Waals surface area contributed by atoms with E-state index in [-0.39, 0.29) is 35.4 Å². The summed E-state index contributed by atoms with van der Waals surface area (Å²) in [5.74, 6) is -0.0183. The van der Waals surface area contributed by atoms with Gasteiger partial charge < -0.3 is 9.64 Å². The zero-order valence-electron chi connectivity index (χ0n) is 14.4. The lowest BCUT2D eigenvalue weighted by atomic mass is 10.1. The minimum absolute atomic E-state index is 0.00252. The third kappa shape index (κ3) is 3.16. The molecule has 0 N–H and O–H groups in total. The third-order valence-corrected chi connectivity index (χ3v) is 6.53. The van der Waals surface area contributed by atoms with E-state index in [4.69, 9.17) is 4.74 Å². The number of likely N-dealkylation sites (tertiary alicyclic amines) is 1. The number of hydrogen-bond donors (Lipinski definition) is 0. The van der Waals surface area contributed by atoms with Crippen molar-refractivity contribution in [3.63, 3.8) is 0 Å². The molecular formula is C19H18N2O5S. The predicted octanol–water partition coefficient (Wildman–Crippen LogP) is 1.51. The van der Waals surface area contributed by atoms with Gasteiger partial charge in [0.05, 0.1) is 18.7 Å². The summed E-state index contributed by atoms with van der Waals surface area (Å²) >= 11 is 0. The highest BCUT2D eigenvalue weighted by Crippen LogP contribution is 2.30. The Hall–Kier alpha value is -2.87. The van der Waals surface area contributed by atoms with Gasteiger partial charge in [0.2, 0.25) is 5.91 Å². The van der Waals surface area contributed by atoms with Crippen molar-refractivity contribution in [1.82, 2.24) is 9.21 Å². The molecule has 1 saturated heterocycles. The van der Waals surface area contributed by atoms with Gasteiger partial charge >= 0.3 is 0 Å². The average Bonchev–Trinajstić information content (AvgIpc) is 2.83. The summed E-state index contributed by atoms with van der Waals surface area (Å²) < 4.78 is 31.5. The highest BCUT2D eigenvalue weighted by Gasteiger charge is 2.41. The number of para-hydroxylation sites is 1. The first-order chi connectivity index (χ1) is 13.0. The quantitative estimate of drug-likeness (QED) is 0.778. The molecular weight excluding hydrogens is 368 g/mol. The van der Waals surface area contributed by atoms with Crippen molar-refractivity contribution in [3.8, 4) is 5.75 Å². The molecule has 0 atom stereocenters. The monoisotopic (exact) mass is 386 g/mol. The van der Waals surface area contributed by atoms with Crippen molar-refractivity contribution >= 4 is 21.8 Å². The number of rotatable bonds is 5. The standard InChI is InChI=1S/C19H18N2O5S/c22-18(20-12-15(13-20)26-14-6-2-1-3-7-14)10-11-21-19(23)16-8-4-5-9-17(16)27(21,24)25/h1-9,15H,10-13H2. The summed E-state index contributed by atoms with van der Waals surface area (Å²) in [4.78, 5) is 26.3. The number of sulfonamides is 1. The van der Waals surface area contributed by atoms with Gasteiger partial charge in [0, 0.05) is 13.0 Å². The lowest BCUT2D eigenvalue weighted by molar-refractivity contribution is -0.140. The van der Waals surface area contributed by atoms with E-state index in [0.717, 1.165) is 10.1 Å². The molecule has 2 aromatic rings. The molecule has 2 aliphatic heterocycles. The predicted molar refractivity (Wildman–Crippen MR) is 96.7 cm³/mol. The minimum Gasteiger partial charge on any atom is -0.487 e. The molecule has 0 aromatic heterocycles. The molecule has 0 aliphatic carbocycles. The van der Waals surface area contributed by atoms with Gasteiger partial charge in [0.1, 0.15) is 16.7 Å². The summed E-state index contributed by atoms with van der Waals surface area (Å²) in [6.45, 7) is 0.749. The van der Waals surface area contributed by atoms with E-state index in [1.54, 1.807) is 17.0 Å². The van der Waals surface area contributed by atoms with E-state index in [0.29, 0.717) is 13.1 Å². The second-order valence-electron chi connectivity index (χ2n) is 6.48. The summed E-state index contributed by atoms with van der Waals surface area (Å²) in [5.41, 5.74) is 0.158. The van der Waals surface area contributed by atoms with E-state index < -0.39 is 15.9 Å². The number of amides is 2. The van der Waals surface area contributed by atoms with Gasteiger partial charge in [-0.25, -0.2) is 12.7 Å². The molecule has 0 saturated carbocycles. The zero-order valence-corrected chi connectivity index (χ0v) is 15.3. The number of hydrogen-bond acceptors (Lipinski definition) is 5. The van der Waals surface area contributed by atoms with Crippen LogP contribution in [0.5, 0.6) is 5.75 Å². The normalized spacial score (nSPS) is 18.1. The van der Waals surface area contributed by atoms with Gasteiger partial charge in [-0.15, -0.1) is 0 Å². The smallest absolute Gasteiger partial charge is 0.269 e. The van der Waals surface area contributed by atoms with Crippen LogP contribution in [0.2, 0.25) is 0 Å². The van der Waals surface area contributed by atoms with Crippen molar-refractivity contribution in [1.29, 1.82) is 0 Å². The van der Waals surface area contributed by atoms with Gasteiger partial charge in [-0.2, -0.15) is 0 Å². The van der Waals surface area contributed by atoms with Crippen LogP contribution in [0, 0.1) is 0 Å². The van der Waals surface area contributed by atoms with Crippen LogP contribution >= 0.6 is 0 Å². The fourth-order valence-electron chi connectivity index (χ4n) is 3.22. The molecule has 140 valence electrons. The first-order valence-corrected chi connectivity index (χ1v) is 10.1. The maximum absolute atomic E-state index is 12.5. The van der Waals surface area contributed by atoms with Gasteiger partial charge in [0.15, 0.2) is 0 Å². The van der Waals surface area contributed by atoms with Crippen LogP contribution in [-0.2, 0) is 14.8 Å². The molecule has 0 bridgehead atoms. The van der Waals surface area contributed by atoms with Crippen molar-refractivity contribution < 1.29 is 22.7 Å². The largest absolute Gasteiger partial charge is 0.487 e. The van der Waals surface area contributed by atoms with Crippen LogP contribution in [0.1, 0.15) is 16.8 Å². The van der Waals surface area contributed by atoms with Gasteiger partial charge in [-0.05, 0) is 24.3 Å². The Morgan fingerprint density at radius 1 is 1.04 bits per heavy atom. The highest BCUT2D eigenvalue weighted by atomic mass is 32.2. The van der Waals surface area contributed by atoms with Crippen molar-refractivity contribution in [2.45, 2.75) is 17.4 Å². The Balaban J connectivity index is 1.31. The fourth-order valence-corrected chi connectivity index (χ4v) is 4.78. The SMILES string of the molecule is O=C(CCN1C(=O)c2ccccc2S1(=O)=O)N1CC(Oc2ccccc2)C1. The summed E-state index contributed by atoms with van der Waals surface area (Å²) in [7, 11) is -3.87. The number of nitrogens with zero attached hydrogens (tertiary/aromatic N) is 2. The third-order valence-electron chi connectivity index (χ3n) is 4.69. The van der Waals surface area contributed by atoms with E-state index in [1.807, 2.05) is 30.3 Å². The molecule has 0 radical (unpaired) electrons. The summed E-state index contributed by atoms with van der Waals surface area (Å²) in [6, 6.07) is 15.4. The Bertz CT molecular complexity index is 984. The second kappa shape index (κ2) is 6.70. The molecule has 2 amide bonds. The molecule has 4 rings (SSSR count). The number of ether oxygens (including phenoxy) is 1. The Labute approximate surface area is 157 Å². The highest BCUT2D eigenvalue weighted by molar-refractivity contribution is 7.90. The molecule has 8 heteroatoms. The van der Waals surface area contributed by atoms with Gasteiger partial charge in [0.25, 0.3) is 15.9 Å². The van der Waals surface area contributed by atoms with E-state index in [2.05, 4.69) is 0 Å². The number of benzene rings is 2. The topological polar surface area (TPSA) is 84.0 Å². The van der Waals surface area contributed by atoms with Crippen LogP contribution in [0.4, 0.5) is 0 Å². The maximum atomic E-state index is 12.5. The van der Waals surface area contributed by atoms with Crippen LogP contribution in [0.3, 0.4) is 0 Å². The van der Waals surface area contributed by atoms with Crippen molar-refractivity contribution in [2.75, 3.05) is 19.6 Å². The van der Waals surface area contributed by atoms with Gasteiger partial charge in [-0.1, -0.05) is 30.3 Å². The van der Waals surface area contributed by atoms with E-state index in [1.165, 1.54) is 12.1 Å². The molecule has 0 spiro atoms. The minimum atomic E-state index is -3.87. The van der Waals surface area contributed by atoms with Crippen LogP contribution in [0.25, 0.3) is 0 Å². The second-order valence-corrected chi connectivity index (χ2v) is 8.31. The first-order valence-electron chi connectivity index (χ1n) is 8.62. The molecule has 1 fully saturated rings. The number of carbonyl (C=O) groups is 2. The summed E-state index contributed by atoms with van der Waals surface area (Å²) in [6.07, 6.45) is -0.116. The molecule has 27 heavy (non-hydrogen) atoms. The first kappa shape index (κ1) is 17.5. The van der Waals surface area contributed by atoms with Crippen molar-refractivity contribution in [2.24, 2.45) is 0 Å². The fraction of sp³-hybridized carbons (Fsp3) is 0.263. The maximum Gasteiger partial charge on any atom is 0.269 e. The van der Waals surface area contributed by atoms with E-state index >= 15 is 0 Å². The molecule has 2 aromatic carbocycles. The van der Waals surface area contributed by atoms with Crippen LogP contribution in [0.15, 0.2) is 59.5 Å². The lowest BCUT2D eigenvalue weighted by Gasteiger charge is -2.39. The van der Waals surface area contributed by atoms with Crippen molar-refractivity contribution in [3.05, 3.63) is 60.2 Å². The zero-order chi connectivity index (χ0) is 19.0. The lowest BCUT2D eigenvalue weighted by Crippen LogP contribution is -2.56. The molecule has 2 heterocycles. The van der Waals surface area contributed by atoms with Gasteiger partial charge in [-0.3, -0.25) is 9.59 Å². The average molecular weight is 386 g/mol. The molecule has 7 nitrogen and oxygen atoms in total. The van der Waals surface area contributed by atoms with E-state index in [9.17, 15) is 18.0 Å². The number of carbonyl (C=O) groups excluding carboxylic acids is 2.